The fourth-order valence-corrected chi connectivity index (χ4v) is 3.22. The molecule has 0 aromatic heterocycles. The molecule has 4 rings (SSSR count). The number of hydrogen-bond acceptors (Lipinski definition) is 6. The summed E-state index contributed by atoms with van der Waals surface area (Å²) in [5.74, 6) is 0.425. The van der Waals surface area contributed by atoms with Crippen LogP contribution in [-0.4, -0.2) is 32.1 Å². The standard InChI is InChI=1S/C23H17F4N3O3/c1-31-17-9-14(10-18(11-17)32-2)22-28-20-8-7-16(33-23(25,26)27)12-19(20)21(29-30-22)13-3-5-15(24)6-4-13/h3-12H,1-2H3,(H,28,30). The minimum Gasteiger partial charge on any atom is -0.497 e. The highest BCUT2D eigenvalue weighted by molar-refractivity contribution is 6.18. The molecule has 1 heterocycles. The van der Waals surface area contributed by atoms with E-state index in [1.54, 1.807) is 18.2 Å². The molecule has 0 saturated carbocycles. The lowest BCUT2D eigenvalue weighted by atomic mass is 10.0. The second-order valence-electron chi connectivity index (χ2n) is 6.87. The molecule has 33 heavy (non-hydrogen) atoms. The molecule has 0 spiro atoms. The van der Waals surface area contributed by atoms with Crippen molar-refractivity contribution in [3.05, 3.63) is 83.2 Å². The van der Waals surface area contributed by atoms with Gasteiger partial charge in [-0.05, 0) is 54.6 Å². The molecule has 170 valence electrons. The minimum absolute atomic E-state index is 0.256. The zero-order chi connectivity index (χ0) is 23.6. The van der Waals surface area contributed by atoms with E-state index < -0.39 is 17.9 Å². The fraction of sp³-hybridized carbons (Fsp3) is 0.130. The van der Waals surface area contributed by atoms with E-state index in [0.29, 0.717) is 34.1 Å². The van der Waals surface area contributed by atoms with Gasteiger partial charge in [0.05, 0.1) is 19.9 Å². The van der Waals surface area contributed by atoms with E-state index in [9.17, 15) is 17.6 Å². The largest absolute Gasteiger partial charge is 0.573 e. The van der Waals surface area contributed by atoms with Crippen LogP contribution in [0.5, 0.6) is 17.2 Å². The molecule has 0 saturated heterocycles. The van der Waals surface area contributed by atoms with Gasteiger partial charge >= 0.3 is 6.36 Å². The van der Waals surface area contributed by atoms with Crippen molar-refractivity contribution < 1.29 is 31.8 Å². The van der Waals surface area contributed by atoms with Crippen LogP contribution in [0.15, 0.2) is 70.8 Å². The van der Waals surface area contributed by atoms with Crippen LogP contribution in [0.2, 0.25) is 0 Å². The van der Waals surface area contributed by atoms with Crippen LogP contribution in [0.25, 0.3) is 0 Å². The molecule has 1 aliphatic heterocycles. The number of amidine groups is 1. The molecule has 0 bridgehead atoms. The molecule has 0 unspecified atom stereocenters. The molecular formula is C23H17F4N3O3. The number of hydrazone groups is 1. The van der Waals surface area contributed by atoms with Crippen molar-refractivity contribution in [2.45, 2.75) is 6.36 Å². The zero-order valence-corrected chi connectivity index (χ0v) is 17.4. The molecule has 6 nitrogen and oxygen atoms in total. The first-order chi connectivity index (χ1) is 15.8. The first-order valence-corrected chi connectivity index (χ1v) is 9.57. The van der Waals surface area contributed by atoms with Gasteiger partial charge in [0.1, 0.15) is 28.8 Å². The van der Waals surface area contributed by atoms with Gasteiger partial charge in [0, 0.05) is 22.8 Å². The van der Waals surface area contributed by atoms with E-state index >= 15 is 0 Å². The van der Waals surface area contributed by atoms with Crippen LogP contribution in [0.3, 0.4) is 0 Å². The van der Waals surface area contributed by atoms with Crippen LogP contribution in [0.4, 0.5) is 23.2 Å². The van der Waals surface area contributed by atoms with Gasteiger partial charge in [0.15, 0.2) is 5.84 Å². The molecule has 1 N–H and O–H groups in total. The molecule has 1 aliphatic rings. The van der Waals surface area contributed by atoms with Gasteiger partial charge in [0.25, 0.3) is 0 Å². The van der Waals surface area contributed by atoms with Crippen LogP contribution in [0, 0.1) is 5.82 Å². The lowest BCUT2D eigenvalue weighted by Gasteiger charge is -2.12. The Morgan fingerprint density at radius 3 is 2.06 bits per heavy atom. The Kier molecular flexibility index (Phi) is 5.91. The van der Waals surface area contributed by atoms with Crippen molar-refractivity contribution >= 4 is 17.2 Å². The monoisotopic (exact) mass is 459 g/mol. The molecule has 0 radical (unpaired) electrons. The molecule has 0 fully saturated rings. The topological polar surface area (TPSA) is 64.4 Å². The Hall–Kier alpha value is -4.08. The average molecular weight is 459 g/mol. The first kappa shape index (κ1) is 22.1. The summed E-state index contributed by atoms with van der Waals surface area (Å²) in [5.41, 5.74) is 4.73. The second kappa shape index (κ2) is 8.81. The number of nitrogens with one attached hydrogen (secondary N) is 1. The number of rotatable bonds is 5. The highest BCUT2D eigenvalue weighted by Crippen LogP contribution is 2.33. The Morgan fingerprint density at radius 1 is 0.788 bits per heavy atom. The van der Waals surface area contributed by atoms with E-state index in [4.69, 9.17) is 9.47 Å². The van der Waals surface area contributed by atoms with Crippen molar-refractivity contribution in [2.75, 3.05) is 14.2 Å². The molecule has 3 aromatic carbocycles. The third-order valence-corrected chi connectivity index (χ3v) is 4.71. The van der Waals surface area contributed by atoms with Crippen LogP contribution in [0.1, 0.15) is 16.7 Å². The summed E-state index contributed by atoms with van der Waals surface area (Å²) in [6.45, 7) is 0. The maximum absolute atomic E-state index is 13.5. The van der Waals surface area contributed by atoms with E-state index in [1.807, 2.05) is 0 Å². The van der Waals surface area contributed by atoms with Crippen molar-refractivity contribution in [1.82, 2.24) is 5.43 Å². The number of halogens is 4. The maximum atomic E-state index is 13.5. The van der Waals surface area contributed by atoms with Crippen molar-refractivity contribution in [3.63, 3.8) is 0 Å². The van der Waals surface area contributed by atoms with Crippen molar-refractivity contribution in [1.29, 1.82) is 0 Å². The quantitative estimate of drug-likeness (QED) is 0.535. The molecule has 0 amide bonds. The number of fused-ring (bicyclic) bond motifs is 1. The number of alkyl halides is 3. The summed E-state index contributed by atoms with van der Waals surface area (Å²) >= 11 is 0. The molecule has 10 heteroatoms. The molecule has 0 aliphatic carbocycles. The highest BCUT2D eigenvalue weighted by atomic mass is 19.4. The van der Waals surface area contributed by atoms with E-state index in [1.165, 1.54) is 50.6 Å². The van der Waals surface area contributed by atoms with Gasteiger partial charge < -0.3 is 14.2 Å². The van der Waals surface area contributed by atoms with Gasteiger partial charge in [-0.15, -0.1) is 13.2 Å². The van der Waals surface area contributed by atoms with Crippen LogP contribution >= 0.6 is 0 Å². The van der Waals surface area contributed by atoms with Gasteiger partial charge in [-0.1, -0.05) is 0 Å². The molecule has 3 aromatic rings. The van der Waals surface area contributed by atoms with Crippen LogP contribution < -0.4 is 19.6 Å². The average Bonchev–Trinajstić information content (AvgIpc) is 2.98. The Balaban J connectivity index is 1.86. The lowest BCUT2D eigenvalue weighted by Crippen LogP contribution is -2.20. The summed E-state index contributed by atoms with van der Waals surface area (Å²) in [7, 11) is 3.01. The number of nitrogens with zero attached hydrogens (tertiary/aromatic N) is 2. The summed E-state index contributed by atoms with van der Waals surface area (Å²) in [4.78, 5) is 4.56. The third-order valence-electron chi connectivity index (χ3n) is 4.71. The normalized spacial score (nSPS) is 13.2. The Bertz CT molecular complexity index is 1220. The molecule has 0 atom stereocenters. The second-order valence-corrected chi connectivity index (χ2v) is 6.87. The van der Waals surface area contributed by atoms with Crippen LogP contribution in [-0.2, 0) is 0 Å². The Labute approximate surface area is 186 Å². The number of hydrogen-bond donors (Lipinski definition) is 1. The number of ether oxygens (including phenoxy) is 3. The smallest absolute Gasteiger partial charge is 0.497 e. The van der Waals surface area contributed by atoms with Crippen molar-refractivity contribution in [2.24, 2.45) is 10.1 Å². The summed E-state index contributed by atoms with van der Waals surface area (Å²) < 4.78 is 66.5. The number of aliphatic imine (C=N–C) groups is 1. The van der Waals surface area contributed by atoms with Gasteiger partial charge in [-0.3, -0.25) is 5.43 Å². The van der Waals surface area contributed by atoms with E-state index in [0.717, 1.165) is 6.07 Å². The fourth-order valence-electron chi connectivity index (χ4n) is 3.22. The first-order valence-electron chi connectivity index (χ1n) is 9.57. The summed E-state index contributed by atoms with van der Waals surface area (Å²) in [6.07, 6.45) is -4.87. The van der Waals surface area contributed by atoms with Crippen molar-refractivity contribution in [3.8, 4) is 17.2 Å². The van der Waals surface area contributed by atoms with E-state index in [-0.39, 0.29) is 11.3 Å². The predicted molar refractivity (Wildman–Crippen MR) is 114 cm³/mol. The Morgan fingerprint density at radius 2 is 1.45 bits per heavy atom. The lowest BCUT2D eigenvalue weighted by molar-refractivity contribution is -0.274. The third kappa shape index (κ3) is 5.05. The summed E-state index contributed by atoms with van der Waals surface area (Å²) in [6, 6.07) is 14.2. The zero-order valence-electron chi connectivity index (χ0n) is 17.4. The highest BCUT2D eigenvalue weighted by Gasteiger charge is 2.31. The van der Waals surface area contributed by atoms with E-state index in [2.05, 4.69) is 20.3 Å². The van der Waals surface area contributed by atoms with Gasteiger partial charge in [0.2, 0.25) is 0 Å². The predicted octanol–water partition coefficient (Wildman–Crippen LogP) is 5.18. The van der Waals surface area contributed by atoms with Gasteiger partial charge in [-0.2, -0.15) is 5.10 Å². The maximum Gasteiger partial charge on any atom is 0.573 e. The number of benzene rings is 3. The van der Waals surface area contributed by atoms with Gasteiger partial charge in [-0.25, -0.2) is 9.38 Å². The summed E-state index contributed by atoms with van der Waals surface area (Å²) in [5, 5.41) is 4.37. The number of methoxy groups -OCH3 is 2. The SMILES string of the molecule is COc1cc(OC)cc(C2=Nc3ccc(OC(F)(F)F)cc3C(c3ccc(F)cc3)=NN2)c1. The molecular weight excluding hydrogens is 442 g/mol. The minimum atomic E-state index is -4.87.